The van der Waals surface area contributed by atoms with Crippen LogP contribution < -0.4 is 10.6 Å². The Morgan fingerprint density at radius 1 is 0.737 bits per heavy atom. The van der Waals surface area contributed by atoms with Crippen LogP contribution in [-0.2, 0) is 42.7 Å². The molecule has 2 unspecified atom stereocenters. The zero-order chi connectivity index (χ0) is 41.6. The number of halogens is 5. The molecule has 2 amide bonds. The van der Waals surface area contributed by atoms with Crippen molar-refractivity contribution in [2.75, 3.05) is 66.1 Å². The van der Waals surface area contributed by atoms with Crippen molar-refractivity contribution in [1.82, 2.24) is 10.6 Å². The molecule has 2 atom stereocenters. The molecule has 0 bridgehead atoms. The number of ether oxygens (including phenoxy) is 7. The van der Waals surface area contributed by atoms with Crippen molar-refractivity contribution >= 4 is 92.5 Å². The molecular weight excluding hydrogens is 854 g/mol. The fraction of sp³-hybridized carbons (Fsp3) is 0.474. The van der Waals surface area contributed by atoms with Crippen molar-refractivity contribution in [2.45, 2.75) is 50.6 Å². The molecular formula is C38H43Cl5N2O12. The second kappa shape index (κ2) is 22.2. The lowest BCUT2D eigenvalue weighted by Crippen LogP contribution is -2.51. The highest BCUT2D eigenvalue weighted by Crippen LogP contribution is 2.42. The SMILES string of the molecule is CCOCCOC(=O)Cl.CCOCCOC(=O)OC1=C(c2ccc(Cl)cc2Cl)C(=O)NC12CCCOC2.O=C1NC2(CCCOC2)C(O)=C1c1ccc(Cl)cc1Cl. The van der Waals surface area contributed by atoms with Crippen molar-refractivity contribution in [3.05, 3.63) is 79.1 Å². The van der Waals surface area contributed by atoms with Gasteiger partial charge in [0.05, 0.1) is 47.6 Å². The van der Waals surface area contributed by atoms with Crippen LogP contribution in [0.15, 0.2) is 47.9 Å². The van der Waals surface area contributed by atoms with E-state index in [-0.39, 0.29) is 66.6 Å². The van der Waals surface area contributed by atoms with E-state index in [0.29, 0.717) is 78.5 Å². The minimum absolute atomic E-state index is 0.00595. The summed E-state index contributed by atoms with van der Waals surface area (Å²) >= 11 is 29.1. The fourth-order valence-electron chi connectivity index (χ4n) is 6.31. The lowest BCUT2D eigenvalue weighted by molar-refractivity contribution is -0.118. The molecule has 4 aliphatic heterocycles. The van der Waals surface area contributed by atoms with Crippen molar-refractivity contribution in [2.24, 2.45) is 0 Å². The van der Waals surface area contributed by atoms with E-state index >= 15 is 0 Å². The average Bonchev–Trinajstić information content (AvgIpc) is 3.55. The molecule has 0 radical (unpaired) electrons. The lowest BCUT2D eigenvalue weighted by atomic mass is 9.90. The second-order valence-electron chi connectivity index (χ2n) is 12.7. The van der Waals surface area contributed by atoms with Gasteiger partial charge >= 0.3 is 11.6 Å². The Hall–Kier alpha value is -3.31. The molecule has 3 N–H and O–H groups in total. The maximum Gasteiger partial charge on any atom is 0.513 e. The van der Waals surface area contributed by atoms with Crippen LogP contribution in [0.5, 0.6) is 0 Å². The van der Waals surface area contributed by atoms with Gasteiger partial charge in [-0.2, -0.15) is 0 Å². The van der Waals surface area contributed by atoms with Crippen LogP contribution in [0.1, 0.15) is 50.7 Å². The van der Waals surface area contributed by atoms with E-state index in [9.17, 15) is 24.3 Å². The van der Waals surface area contributed by atoms with E-state index in [4.69, 9.17) is 86.4 Å². The fourth-order valence-corrected chi connectivity index (χ4v) is 7.39. The Kier molecular flexibility index (Phi) is 18.0. The topological polar surface area (TPSA) is 177 Å². The molecule has 2 aromatic rings. The van der Waals surface area contributed by atoms with Gasteiger partial charge in [0.1, 0.15) is 30.1 Å². The van der Waals surface area contributed by atoms with Gasteiger partial charge in [0.2, 0.25) is 0 Å². The van der Waals surface area contributed by atoms with Gasteiger partial charge < -0.3 is 48.9 Å². The van der Waals surface area contributed by atoms with E-state index in [1.165, 1.54) is 6.07 Å². The summed E-state index contributed by atoms with van der Waals surface area (Å²) < 4.78 is 35.9. The van der Waals surface area contributed by atoms with E-state index < -0.39 is 28.6 Å². The minimum atomic E-state index is -0.938. The van der Waals surface area contributed by atoms with Crippen LogP contribution in [-0.4, -0.2) is 106 Å². The molecule has 4 aliphatic rings. The van der Waals surface area contributed by atoms with Crippen molar-refractivity contribution < 1.29 is 57.4 Å². The highest BCUT2D eigenvalue weighted by atomic mass is 35.5. The first-order chi connectivity index (χ1) is 27.3. The largest absolute Gasteiger partial charge is 0.513 e. The third-order valence-corrected chi connectivity index (χ3v) is 10.1. The summed E-state index contributed by atoms with van der Waals surface area (Å²) in [5, 5.41) is 17.8. The first-order valence-corrected chi connectivity index (χ1v) is 19.9. The van der Waals surface area contributed by atoms with Gasteiger partial charge in [-0.15, -0.1) is 0 Å². The van der Waals surface area contributed by atoms with Crippen molar-refractivity contribution in [3.8, 4) is 0 Å². The summed E-state index contributed by atoms with van der Waals surface area (Å²) in [7, 11) is 0. The van der Waals surface area contributed by atoms with Gasteiger partial charge in [0.25, 0.3) is 11.8 Å². The van der Waals surface area contributed by atoms with Crippen LogP contribution in [0, 0.1) is 0 Å². The maximum atomic E-state index is 12.8. The van der Waals surface area contributed by atoms with Gasteiger partial charge in [-0.25, -0.2) is 9.59 Å². The Bertz CT molecular complexity index is 1830. The lowest BCUT2D eigenvalue weighted by Gasteiger charge is -2.34. The summed E-state index contributed by atoms with van der Waals surface area (Å²) in [6.07, 6.45) is 1.78. The predicted octanol–water partition coefficient (Wildman–Crippen LogP) is 7.91. The number of hydrogen-bond donors (Lipinski definition) is 3. The third kappa shape index (κ3) is 12.4. The number of carbonyl (C=O) groups is 4. The molecule has 4 heterocycles. The van der Waals surface area contributed by atoms with Gasteiger partial charge in [-0.05, 0) is 63.8 Å². The Morgan fingerprint density at radius 3 is 1.72 bits per heavy atom. The highest BCUT2D eigenvalue weighted by Gasteiger charge is 2.50. The van der Waals surface area contributed by atoms with Crippen molar-refractivity contribution in [3.63, 3.8) is 0 Å². The van der Waals surface area contributed by atoms with E-state index in [1.807, 2.05) is 13.8 Å². The van der Waals surface area contributed by atoms with Crippen LogP contribution in [0.2, 0.25) is 20.1 Å². The third-order valence-electron chi connectivity index (χ3n) is 8.88. The van der Waals surface area contributed by atoms with Gasteiger partial charge in [-0.3, -0.25) is 9.59 Å². The maximum absolute atomic E-state index is 12.8. The average molecular weight is 897 g/mol. The monoisotopic (exact) mass is 894 g/mol. The molecule has 312 valence electrons. The van der Waals surface area contributed by atoms with Gasteiger partial charge in [0.15, 0.2) is 5.76 Å². The zero-order valence-corrected chi connectivity index (χ0v) is 35.0. The molecule has 2 fully saturated rings. The number of nitrogens with one attached hydrogen (secondary N) is 2. The van der Waals surface area contributed by atoms with Crippen LogP contribution in [0.4, 0.5) is 9.59 Å². The van der Waals surface area contributed by atoms with E-state index in [1.54, 1.807) is 30.3 Å². The first-order valence-electron chi connectivity index (χ1n) is 18.0. The molecule has 0 aliphatic carbocycles. The number of benzene rings is 2. The predicted molar refractivity (Wildman–Crippen MR) is 214 cm³/mol. The van der Waals surface area contributed by atoms with Crippen LogP contribution >= 0.6 is 58.0 Å². The number of aliphatic hydroxyl groups is 1. The molecule has 19 heteroatoms. The molecule has 2 saturated heterocycles. The molecule has 2 spiro atoms. The summed E-state index contributed by atoms with van der Waals surface area (Å²) in [6.45, 7) is 7.47. The summed E-state index contributed by atoms with van der Waals surface area (Å²) in [6, 6.07) is 9.58. The number of amides is 2. The number of hydrogen-bond acceptors (Lipinski definition) is 12. The smallest absolute Gasteiger partial charge is 0.509 e. The van der Waals surface area contributed by atoms with Gasteiger partial charge in [0, 0.05) is 59.2 Å². The molecule has 57 heavy (non-hydrogen) atoms. The Labute approximate surface area is 354 Å². The van der Waals surface area contributed by atoms with Crippen LogP contribution in [0.3, 0.4) is 0 Å². The second-order valence-corrected chi connectivity index (χ2v) is 14.7. The summed E-state index contributed by atoms with van der Waals surface area (Å²) in [5.74, 6) is -0.571. The number of aliphatic hydroxyl groups excluding tert-OH is 1. The molecule has 2 aromatic carbocycles. The van der Waals surface area contributed by atoms with Gasteiger partial charge in [-0.1, -0.05) is 58.5 Å². The number of carbonyl (C=O) groups excluding carboxylic acids is 4. The molecule has 14 nitrogen and oxygen atoms in total. The molecule has 6 rings (SSSR count). The zero-order valence-electron chi connectivity index (χ0n) is 31.2. The normalized spacial score (nSPS) is 21.3. The highest BCUT2D eigenvalue weighted by molar-refractivity contribution is 6.61. The summed E-state index contributed by atoms with van der Waals surface area (Å²) in [4.78, 5) is 47.2. The van der Waals surface area contributed by atoms with Crippen LogP contribution in [0.25, 0.3) is 11.1 Å². The quantitative estimate of drug-likeness (QED) is 0.113. The van der Waals surface area contributed by atoms with Crippen molar-refractivity contribution in [1.29, 1.82) is 0 Å². The molecule has 0 saturated carbocycles. The van der Waals surface area contributed by atoms with E-state index in [2.05, 4.69) is 15.4 Å². The Balaban J connectivity index is 0.000000215. The molecule has 0 aromatic heterocycles. The first kappa shape index (κ1) is 46.4. The van der Waals surface area contributed by atoms with E-state index in [0.717, 1.165) is 6.42 Å². The standard InChI is InChI=1S/C19H21Cl2NO6.C14H13Cl2NO3.C5H9ClO3/c1-2-25-8-9-27-18(24)28-16-15(13-5-4-12(20)10-14(13)21)17(23)22-19(16)6-3-7-26-11-19;15-8-2-3-9(10(16)6-8)11-12(18)14(17-13(11)19)4-1-5-20-7-14;1-2-8-3-4-9-5(6)7/h4-5,10H,2-3,6-9,11H2,1H3,(H,22,23);2-3,6,18H,1,4-5,7H2,(H,17,19);2-4H2,1H3. The minimum Gasteiger partial charge on any atom is -0.509 e. The Morgan fingerprint density at radius 2 is 1.23 bits per heavy atom. The summed E-state index contributed by atoms with van der Waals surface area (Å²) in [5.41, 5.74) is -1.25. The number of rotatable bonds is 11.